The number of halogens is 2. The number of rotatable bonds is 7. The van der Waals surface area contributed by atoms with E-state index in [1.54, 1.807) is 0 Å². The average molecular weight is 471 g/mol. The van der Waals surface area contributed by atoms with Crippen molar-refractivity contribution in [3.8, 4) is 5.69 Å². The second-order valence-electron chi connectivity index (χ2n) is 7.26. The van der Waals surface area contributed by atoms with Gasteiger partial charge in [-0.05, 0) is 12.2 Å². The van der Waals surface area contributed by atoms with E-state index in [4.69, 9.17) is 17.0 Å². The Kier molecular flexibility index (Phi) is 7.66. The van der Waals surface area contributed by atoms with Crippen molar-refractivity contribution in [1.82, 2.24) is 29.9 Å². The van der Waals surface area contributed by atoms with Crippen molar-refractivity contribution in [1.29, 1.82) is 0 Å². The van der Waals surface area contributed by atoms with Crippen LogP contribution in [0.25, 0.3) is 5.69 Å². The summed E-state index contributed by atoms with van der Waals surface area (Å²) in [5.74, 6) is -2.25. The van der Waals surface area contributed by atoms with Crippen LogP contribution < -0.4 is 9.96 Å². The second-order valence-corrected chi connectivity index (χ2v) is 7.63. The molecule has 2 heterocycles. The molecule has 1 fully saturated rings. The van der Waals surface area contributed by atoms with Gasteiger partial charge < -0.3 is 24.6 Å². The molecule has 32 heavy (non-hydrogen) atoms. The number of ether oxygens (including phenoxy) is 2. The van der Waals surface area contributed by atoms with Gasteiger partial charge in [0, 0.05) is 31.8 Å². The first-order chi connectivity index (χ1) is 15.3. The average Bonchev–Trinajstić information content (AvgIpc) is 3.25. The molecule has 1 N–H and O–H groups in total. The lowest BCUT2D eigenvalue weighted by molar-refractivity contribution is -0.141. The zero-order chi connectivity index (χ0) is 23.3. The predicted molar refractivity (Wildman–Crippen MR) is 116 cm³/mol. The van der Waals surface area contributed by atoms with Gasteiger partial charge in [-0.15, -0.1) is 5.10 Å². The molecule has 1 aliphatic heterocycles. The largest absolute Gasteiger partial charge is 0.627 e. The molecule has 0 amide bonds. The number of nitrogens with one attached hydrogen (secondary N) is 1. The van der Waals surface area contributed by atoms with Gasteiger partial charge >= 0.3 is 5.97 Å². The van der Waals surface area contributed by atoms with Crippen molar-refractivity contribution in [2.24, 2.45) is 0 Å². The molecule has 1 saturated heterocycles. The van der Waals surface area contributed by atoms with Crippen LogP contribution in [0.1, 0.15) is 12.1 Å². The van der Waals surface area contributed by atoms with Crippen molar-refractivity contribution in [3.05, 3.63) is 40.9 Å². The predicted octanol–water partition coefficient (Wildman–Crippen LogP) is 1.25. The van der Waals surface area contributed by atoms with Crippen LogP contribution in [0.4, 0.5) is 14.5 Å². The first-order valence-electron chi connectivity index (χ1n) is 9.86. The minimum absolute atomic E-state index is 0.0348. The Morgan fingerprint density at radius 3 is 2.50 bits per heavy atom. The molecule has 0 atom stereocenters. The maximum atomic E-state index is 14.9. The van der Waals surface area contributed by atoms with Crippen LogP contribution in [0.3, 0.4) is 0 Å². The van der Waals surface area contributed by atoms with Gasteiger partial charge in [0.2, 0.25) is 5.69 Å². The molecular formula is C19H24F2N6O4S. The standard InChI is InChI=1S/C19H24F2N6O4S/c1-30-17(28)3-4-25-5-7-27(29,8-6-25)18-15(20)9-14(10-16(18)21)26-12-13(23-24-26)11-22-19(32)31-2/h9-10,12H,3-8,11H2,1-2H3,(H,22,32). The number of benzene rings is 1. The number of methoxy groups -OCH3 is 2. The van der Waals surface area contributed by atoms with E-state index in [1.165, 1.54) is 25.1 Å². The van der Waals surface area contributed by atoms with Crippen LogP contribution in [0.15, 0.2) is 18.3 Å². The number of esters is 1. The molecule has 3 rings (SSSR count). The first kappa shape index (κ1) is 23.9. The molecule has 0 unspecified atom stereocenters. The molecule has 0 radical (unpaired) electrons. The minimum Gasteiger partial charge on any atom is -0.627 e. The summed E-state index contributed by atoms with van der Waals surface area (Å²) >= 11 is 4.87. The van der Waals surface area contributed by atoms with Gasteiger partial charge in [0.15, 0.2) is 11.6 Å². The Hall–Kier alpha value is -2.74. The Balaban J connectivity index is 1.70. The Bertz CT molecular complexity index is 957. The third-order valence-electron chi connectivity index (χ3n) is 5.23. The number of carbonyl (C=O) groups excluding carboxylic acids is 1. The molecule has 2 aromatic rings. The summed E-state index contributed by atoms with van der Waals surface area (Å²) in [6, 6.07) is 2.12. The number of hydroxylamine groups is 2. The number of aromatic nitrogens is 3. The number of thiocarbonyl (C=S) groups is 1. The van der Waals surface area contributed by atoms with Gasteiger partial charge in [-0.2, -0.15) is 0 Å². The number of hydrogen-bond donors (Lipinski definition) is 1. The monoisotopic (exact) mass is 470 g/mol. The maximum Gasteiger partial charge on any atom is 0.306 e. The molecule has 1 aromatic carbocycles. The summed E-state index contributed by atoms with van der Waals surface area (Å²) in [5.41, 5.74) is 0.0404. The Morgan fingerprint density at radius 2 is 1.91 bits per heavy atom. The van der Waals surface area contributed by atoms with E-state index in [2.05, 4.69) is 20.4 Å². The molecule has 10 nitrogen and oxygen atoms in total. The van der Waals surface area contributed by atoms with E-state index in [-0.39, 0.29) is 42.9 Å². The summed E-state index contributed by atoms with van der Waals surface area (Å²) in [4.78, 5) is 13.2. The Labute approximate surface area is 188 Å². The minimum atomic E-state index is -1.12. The van der Waals surface area contributed by atoms with Gasteiger partial charge in [-0.3, -0.25) is 9.69 Å². The van der Waals surface area contributed by atoms with E-state index in [0.29, 0.717) is 25.3 Å². The summed E-state index contributed by atoms with van der Waals surface area (Å²) in [5, 5.41) is 24.0. The number of piperazine rings is 1. The topological polar surface area (TPSA) is 105 Å². The van der Waals surface area contributed by atoms with Gasteiger partial charge in [0.1, 0.15) is 5.69 Å². The zero-order valence-corrected chi connectivity index (χ0v) is 18.5. The van der Waals surface area contributed by atoms with Crippen LogP contribution in [-0.4, -0.2) is 78.0 Å². The first-order valence-corrected chi connectivity index (χ1v) is 10.3. The highest BCUT2D eigenvalue weighted by molar-refractivity contribution is 7.80. The number of quaternary nitrogens is 1. The lowest BCUT2D eigenvalue weighted by Gasteiger charge is -2.47. The van der Waals surface area contributed by atoms with E-state index in [1.807, 2.05) is 4.90 Å². The molecule has 0 bridgehead atoms. The van der Waals surface area contributed by atoms with Gasteiger partial charge in [-0.1, -0.05) is 5.21 Å². The highest BCUT2D eigenvalue weighted by atomic mass is 32.1. The van der Waals surface area contributed by atoms with Crippen LogP contribution >= 0.6 is 12.2 Å². The summed E-state index contributed by atoms with van der Waals surface area (Å²) in [6.45, 7) is 1.20. The van der Waals surface area contributed by atoms with Crippen molar-refractivity contribution in [2.75, 3.05) is 46.9 Å². The highest BCUT2D eigenvalue weighted by Gasteiger charge is 2.33. The molecule has 0 saturated carbocycles. The van der Waals surface area contributed by atoms with Crippen molar-refractivity contribution < 1.29 is 23.0 Å². The van der Waals surface area contributed by atoms with E-state index < -0.39 is 22.0 Å². The summed E-state index contributed by atoms with van der Waals surface area (Å²) < 4.78 is 39.3. The molecule has 1 aromatic heterocycles. The third-order valence-corrected chi connectivity index (χ3v) is 5.54. The fraction of sp³-hybridized carbons (Fsp3) is 0.474. The van der Waals surface area contributed by atoms with Gasteiger partial charge in [0.25, 0.3) is 5.17 Å². The highest BCUT2D eigenvalue weighted by Crippen LogP contribution is 2.32. The summed E-state index contributed by atoms with van der Waals surface area (Å²) in [7, 11) is 2.73. The molecule has 13 heteroatoms. The zero-order valence-electron chi connectivity index (χ0n) is 17.7. The van der Waals surface area contributed by atoms with Crippen LogP contribution in [0.2, 0.25) is 0 Å². The Morgan fingerprint density at radius 1 is 1.25 bits per heavy atom. The summed E-state index contributed by atoms with van der Waals surface area (Å²) in [6.07, 6.45) is 1.68. The number of nitrogens with zero attached hydrogens (tertiary/aromatic N) is 5. The normalized spacial score (nSPS) is 15.9. The van der Waals surface area contributed by atoms with Crippen molar-refractivity contribution in [2.45, 2.75) is 13.0 Å². The van der Waals surface area contributed by atoms with E-state index >= 15 is 0 Å². The number of hydrogen-bond acceptors (Lipinski definition) is 8. The van der Waals surface area contributed by atoms with E-state index in [0.717, 1.165) is 12.1 Å². The molecule has 0 spiro atoms. The van der Waals surface area contributed by atoms with Crippen molar-refractivity contribution >= 4 is 29.0 Å². The molecule has 174 valence electrons. The fourth-order valence-electron chi connectivity index (χ4n) is 3.44. The lowest BCUT2D eigenvalue weighted by Crippen LogP contribution is -2.58. The molecule has 0 aliphatic carbocycles. The molecule has 1 aliphatic rings. The van der Waals surface area contributed by atoms with Crippen LogP contribution in [-0.2, 0) is 20.8 Å². The van der Waals surface area contributed by atoms with Gasteiger partial charge in [0.05, 0.1) is 52.2 Å². The smallest absolute Gasteiger partial charge is 0.306 e. The van der Waals surface area contributed by atoms with E-state index in [9.17, 15) is 18.8 Å². The molecular weight excluding hydrogens is 446 g/mol. The second kappa shape index (κ2) is 10.3. The van der Waals surface area contributed by atoms with Gasteiger partial charge in [-0.25, -0.2) is 13.5 Å². The van der Waals surface area contributed by atoms with Crippen LogP contribution in [0, 0.1) is 16.8 Å². The lowest BCUT2D eigenvalue weighted by atomic mass is 10.2. The fourth-order valence-corrected chi connectivity index (χ4v) is 3.51. The SMILES string of the molecule is COC(=O)CCN1CC[N+]([O-])(c2c(F)cc(-n3cc(CNC(=S)OC)nn3)cc2F)CC1. The third kappa shape index (κ3) is 5.54. The van der Waals surface area contributed by atoms with Crippen molar-refractivity contribution in [3.63, 3.8) is 0 Å². The van der Waals surface area contributed by atoms with Crippen LogP contribution in [0.5, 0.6) is 0 Å². The number of carbonyl (C=O) groups is 1. The maximum absolute atomic E-state index is 14.9. The quantitative estimate of drug-likeness (QED) is 0.277.